The van der Waals surface area contributed by atoms with Crippen LogP contribution in [0.5, 0.6) is 11.5 Å². The van der Waals surface area contributed by atoms with E-state index in [4.69, 9.17) is 21.1 Å². The SMILES string of the molecule is COc1ccc(/C=N/NC(=O)COc2ccc(Br)cc2Cl)c2ccccc12. The van der Waals surface area contributed by atoms with Gasteiger partial charge in [-0.1, -0.05) is 51.8 Å². The largest absolute Gasteiger partial charge is 0.496 e. The average molecular weight is 448 g/mol. The molecule has 0 saturated carbocycles. The summed E-state index contributed by atoms with van der Waals surface area (Å²) in [5.41, 5.74) is 3.31. The number of amides is 1. The van der Waals surface area contributed by atoms with Crippen LogP contribution in [0.1, 0.15) is 5.56 Å². The smallest absolute Gasteiger partial charge is 0.277 e. The van der Waals surface area contributed by atoms with Crippen LogP contribution < -0.4 is 14.9 Å². The summed E-state index contributed by atoms with van der Waals surface area (Å²) in [4.78, 5) is 11.9. The molecule has 3 rings (SSSR count). The van der Waals surface area contributed by atoms with E-state index in [0.717, 1.165) is 26.6 Å². The highest BCUT2D eigenvalue weighted by atomic mass is 79.9. The van der Waals surface area contributed by atoms with Gasteiger partial charge in [0.15, 0.2) is 6.61 Å². The first-order valence-electron chi connectivity index (χ1n) is 8.04. The third-order valence-corrected chi connectivity index (χ3v) is 4.57. The number of carbonyl (C=O) groups excluding carboxylic acids is 1. The molecule has 1 N–H and O–H groups in total. The number of rotatable bonds is 6. The van der Waals surface area contributed by atoms with Gasteiger partial charge in [0.2, 0.25) is 0 Å². The first kappa shape index (κ1) is 19.2. The predicted octanol–water partition coefficient (Wildman–Crippen LogP) is 4.79. The fraction of sp³-hybridized carbons (Fsp3) is 0.100. The Bertz CT molecular complexity index is 1010. The fourth-order valence-electron chi connectivity index (χ4n) is 2.53. The summed E-state index contributed by atoms with van der Waals surface area (Å²) in [5, 5.41) is 6.39. The quantitative estimate of drug-likeness (QED) is 0.436. The molecule has 0 aromatic heterocycles. The number of nitrogens with one attached hydrogen (secondary N) is 1. The molecule has 3 aromatic carbocycles. The molecule has 0 spiro atoms. The molecule has 0 saturated heterocycles. The van der Waals surface area contributed by atoms with Crippen molar-refractivity contribution in [2.24, 2.45) is 5.10 Å². The van der Waals surface area contributed by atoms with Crippen LogP contribution in [-0.2, 0) is 4.79 Å². The van der Waals surface area contributed by atoms with Gasteiger partial charge < -0.3 is 9.47 Å². The van der Waals surface area contributed by atoms with Gasteiger partial charge in [-0.2, -0.15) is 5.10 Å². The van der Waals surface area contributed by atoms with Crippen molar-refractivity contribution >= 4 is 50.4 Å². The zero-order valence-corrected chi connectivity index (χ0v) is 16.8. The summed E-state index contributed by atoms with van der Waals surface area (Å²) < 4.78 is 11.6. The van der Waals surface area contributed by atoms with Gasteiger partial charge in [0.1, 0.15) is 11.5 Å². The van der Waals surface area contributed by atoms with Crippen LogP contribution >= 0.6 is 27.5 Å². The molecule has 5 nitrogen and oxygen atoms in total. The number of hydrazone groups is 1. The van der Waals surface area contributed by atoms with E-state index >= 15 is 0 Å². The van der Waals surface area contributed by atoms with Gasteiger partial charge in [-0.3, -0.25) is 4.79 Å². The molecular formula is C20H16BrClN2O3. The number of halogens is 2. The summed E-state index contributed by atoms with van der Waals surface area (Å²) in [5.74, 6) is 0.828. The van der Waals surface area contributed by atoms with E-state index in [2.05, 4.69) is 26.5 Å². The highest BCUT2D eigenvalue weighted by Gasteiger charge is 2.07. The van der Waals surface area contributed by atoms with Crippen LogP contribution in [0.4, 0.5) is 0 Å². The van der Waals surface area contributed by atoms with E-state index in [9.17, 15) is 4.79 Å². The van der Waals surface area contributed by atoms with Crippen molar-refractivity contribution in [1.29, 1.82) is 0 Å². The summed E-state index contributed by atoms with van der Waals surface area (Å²) >= 11 is 9.36. The van der Waals surface area contributed by atoms with E-state index in [-0.39, 0.29) is 12.5 Å². The van der Waals surface area contributed by atoms with Gasteiger partial charge in [-0.15, -0.1) is 0 Å². The molecule has 0 fully saturated rings. The standard InChI is InChI=1S/C20H16BrClN2O3/c1-26-18-8-6-13(15-4-2-3-5-16(15)18)11-23-24-20(25)12-27-19-9-7-14(21)10-17(19)22/h2-11H,12H2,1H3,(H,24,25)/b23-11+. The Morgan fingerprint density at radius 2 is 1.89 bits per heavy atom. The number of nitrogens with zero attached hydrogens (tertiary/aromatic N) is 1. The second-order valence-corrected chi connectivity index (χ2v) is 6.88. The van der Waals surface area contributed by atoms with Crippen LogP contribution in [0.2, 0.25) is 5.02 Å². The molecule has 0 radical (unpaired) electrons. The van der Waals surface area contributed by atoms with Gasteiger partial charge in [-0.25, -0.2) is 5.43 Å². The van der Waals surface area contributed by atoms with Gasteiger partial charge in [0.25, 0.3) is 5.91 Å². The Labute approximate surface area is 170 Å². The molecule has 0 bridgehead atoms. The summed E-state index contributed by atoms with van der Waals surface area (Å²) in [7, 11) is 1.63. The van der Waals surface area contributed by atoms with E-state index in [1.165, 1.54) is 0 Å². The average Bonchev–Trinajstić information content (AvgIpc) is 2.67. The Morgan fingerprint density at radius 1 is 1.15 bits per heavy atom. The third kappa shape index (κ3) is 4.78. The minimum atomic E-state index is -0.386. The normalized spacial score (nSPS) is 10.9. The minimum Gasteiger partial charge on any atom is -0.496 e. The topological polar surface area (TPSA) is 59.9 Å². The number of benzene rings is 3. The van der Waals surface area contributed by atoms with Crippen molar-refractivity contribution in [2.45, 2.75) is 0 Å². The van der Waals surface area contributed by atoms with E-state index in [0.29, 0.717) is 10.8 Å². The maximum Gasteiger partial charge on any atom is 0.277 e. The first-order valence-corrected chi connectivity index (χ1v) is 9.21. The summed E-state index contributed by atoms with van der Waals surface area (Å²) in [6.45, 7) is -0.192. The Balaban J connectivity index is 1.64. The molecule has 0 unspecified atom stereocenters. The van der Waals surface area contributed by atoms with Crippen LogP contribution in [0.15, 0.2) is 64.2 Å². The number of methoxy groups -OCH3 is 1. The maximum absolute atomic E-state index is 11.9. The van der Waals surface area contributed by atoms with Gasteiger partial charge in [0, 0.05) is 15.4 Å². The Morgan fingerprint density at radius 3 is 2.63 bits per heavy atom. The molecule has 27 heavy (non-hydrogen) atoms. The molecule has 3 aromatic rings. The number of hydrogen-bond donors (Lipinski definition) is 1. The van der Waals surface area contributed by atoms with Gasteiger partial charge >= 0.3 is 0 Å². The second-order valence-electron chi connectivity index (χ2n) is 5.56. The van der Waals surface area contributed by atoms with E-state index < -0.39 is 0 Å². The molecule has 138 valence electrons. The molecule has 0 aliphatic rings. The van der Waals surface area contributed by atoms with Crippen molar-refractivity contribution in [3.8, 4) is 11.5 Å². The van der Waals surface area contributed by atoms with Crippen LogP contribution in [-0.4, -0.2) is 25.8 Å². The molecule has 0 aliphatic carbocycles. The van der Waals surface area contributed by atoms with Crippen molar-refractivity contribution in [3.63, 3.8) is 0 Å². The van der Waals surface area contributed by atoms with Crippen molar-refractivity contribution < 1.29 is 14.3 Å². The number of hydrogen-bond acceptors (Lipinski definition) is 4. The first-order chi connectivity index (χ1) is 13.1. The van der Waals surface area contributed by atoms with Crippen molar-refractivity contribution in [1.82, 2.24) is 5.43 Å². The number of ether oxygens (including phenoxy) is 2. The van der Waals surface area contributed by atoms with E-state index in [1.807, 2.05) is 36.4 Å². The second kappa shape index (κ2) is 8.88. The van der Waals surface area contributed by atoms with Gasteiger partial charge in [-0.05, 0) is 35.7 Å². The third-order valence-electron chi connectivity index (χ3n) is 3.78. The lowest BCUT2D eigenvalue weighted by atomic mass is 10.0. The van der Waals surface area contributed by atoms with Crippen LogP contribution in [0.25, 0.3) is 10.8 Å². The van der Waals surface area contributed by atoms with Gasteiger partial charge in [0.05, 0.1) is 18.3 Å². The molecule has 0 aliphatic heterocycles. The zero-order valence-electron chi connectivity index (χ0n) is 14.4. The van der Waals surface area contributed by atoms with Crippen LogP contribution in [0.3, 0.4) is 0 Å². The molecular weight excluding hydrogens is 432 g/mol. The van der Waals surface area contributed by atoms with E-state index in [1.54, 1.807) is 31.5 Å². The highest BCUT2D eigenvalue weighted by molar-refractivity contribution is 9.10. The Kier molecular flexibility index (Phi) is 6.32. The lowest BCUT2D eigenvalue weighted by molar-refractivity contribution is -0.123. The summed E-state index contributed by atoms with van der Waals surface area (Å²) in [6.07, 6.45) is 1.59. The van der Waals surface area contributed by atoms with Crippen molar-refractivity contribution in [2.75, 3.05) is 13.7 Å². The highest BCUT2D eigenvalue weighted by Crippen LogP contribution is 2.28. The van der Waals surface area contributed by atoms with Crippen LogP contribution in [0, 0.1) is 0 Å². The monoisotopic (exact) mass is 446 g/mol. The van der Waals surface area contributed by atoms with Crippen molar-refractivity contribution in [3.05, 3.63) is 69.7 Å². The molecule has 0 atom stereocenters. The lowest BCUT2D eigenvalue weighted by Crippen LogP contribution is -2.24. The Hall–Kier alpha value is -2.57. The number of fused-ring (bicyclic) bond motifs is 1. The maximum atomic E-state index is 11.9. The minimum absolute atomic E-state index is 0.192. The molecule has 7 heteroatoms. The predicted molar refractivity (Wildman–Crippen MR) is 111 cm³/mol. The lowest BCUT2D eigenvalue weighted by Gasteiger charge is -2.08. The summed E-state index contributed by atoms with van der Waals surface area (Å²) in [6, 6.07) is 16.7. The molecule has 1 amide bonds. The zero-order chi connectivity index (χ0) is 19.2. The fourth-order valence-corrected chi connectivity index (χ4v) is 3.25. The molecule has 0 heterocycles. The number of carbonyl (C=O) groups is 1.